The number of Topliss-reactive ketones (excluding diaryl/α,β-unsaturated/α-hetero) is 1. The molecule has 0 amide bonds. The largest absolute Gasteiger partial charge is 0.397 e. The van der Waals surface area contributed by atoms with Crippen molar-refractivity contribution < 1.29 is 4.79 Å². The summed E-state index contributed by atoms with van der Waals surface area (Å²) < 4.78 is 0. The van der Waals surface area contributed by atoms with E-state index in [1.807, 2.05) is 19.9 Å². The number of thiophene rings is 1. The van der Waals surface area contributed by atoms with Gasteiger partial charge in [-0.15, -0.1) is 11.3 Å². The van der Waals surface area contributed by atoms with Crippen LogP contribution in [0.25, 0.3) is 0 Å². The van der Waals surface area contributed by atoms with Crippen molar-refractivity contribution in [2.24, 2.45) is 5.92 Å². The van der Waals surface area contributed by atoms with Crippen molar-refractivity contribution in [3.63, 3.8) is 0 Å². The first-order valence-electron chi connectivity index (χ1n) is 7.28. The molecule has 1 fully saturated rings. The number of anilines is 2. The van der Waals surface area contributed by atoms with Crippen LogP contribution in [0, 0.1) is 5.92 Å². The minimum atomic E-state index is 0.0149. The summed E-state index contributed by atoms with van der Waals surface area (Å²) in [6.07, 6.45) is 6.47. The van der Waals surface area contributed by atoms with E-state index in [1.165, 1.54) is 37.1 Å². The molecule has 1 aliphatic heterocycles. The lowest BCUT2D eigenvalue weighted by atomic mass is 10.1. The van der Waals surface area contributed by atoms with Crippen LogP contribution in [-0.2, 0) is 0 Å². The molecule has 0 radical (unpaired) electrons. The Bertz CT molecular complexity index is 431. The first-order valence-corrected chi connectivity index (χ1v) is 8.09. The fourth-order valence-electron chi connectivity index (χ4n) is 2.47. The zero-order valence-corrected chi connectivity index (χ0v) is 12.8. The predicted molar refractivity (Wildman–Crippen MR) is 83.2 cm³/mol. The van der Waals surface area contributed by atoms with Gasteiger partial charge in [-0.1, -0.05) is 33.1 Å². The van der Waals surface area contributed by atoms with E-state index in [-0.39, 0.29) is 11.7 Å². The van der Waals surface area contributed by atoms with Crippen LogP contribution in [0.15, 0.2) is 6.07 Å². The third kappa shape index (κ3) is 3.50. The van der Waals surface area contributed by atoms with Gasteiger partial charge in [0.1, 0.15) is 0 Å². The molecule has 1 aromatic heterocycles. The predicted octanol–water partition coefficient (Wildman–Crippen LogP) is 3.94. The van der Waals surface area contributed by atoms with Crippen LogP contribution < -0.4 is 10.6 Å². The molecule has 3 nitrogen and oxygen atoms in total. The molecule has 1 saturated heterocycles. The maximum absolute atomic E-state index is 12.1. The van der Waals surface area contributed by atoms with Crippen LogP contribution in [0.5, 0.6) is 0 Å². The van der Waals surface area contributed by atoms with Crippen molar-refractivity contribution in [3.05, 3.63) is 10.9 Å². The summed E-state index contributed by atoms with van der Waals surface area (Å²) in [6.45, 7) is 6.04. The van der Waals surface area contributed by atoms with Crippen LogP contribution in [0.4, 0.5) is 10.7 Å². The molecule has 0 unspecified atom stereocenters. The Kier molecular flexibility index (Phi) is 4.86. The van der Waals surface area contributed by atoms with Gasteiger partial charge in [0.25, 0.3) is 0 Å². The molecule has 4 heteroatoms. The maximum Gasteiger partial charge on any atom is 0.177 e. The molecule has 1 aliphatic rings. The number of carbonyl (C=O) groups is 1. The number of hydrogen-bond donors (Lipinski definition) is 1. The van der Waals surface area contributed by atoms with Crippen molar-refractivity contribution in [1.82, 2.24) is 0 Å². The van der Waals surface area contributed by atoms with Crippen molar-refractivity contribution in [3.8, 4) is 0 Å². The van der Waals surface area contributed by atoms with E-state index in [0.717, 1.165) is 18.0 Å². The van der Waals surface area contributed by atoms with Gasteiger partial charge < -0.3 is 10.6 Å². The van der Waals surface area contributed by atoms with Crippen LogP contribution in [-0.4, -0.2) is 18.9 Å². The lowest BCUT2D eigenvalue weighted by Crippen LogP contribution is -2.26. The van der Waals surface area contributed by atoms with E-state index >= 15 is 0 Å². The number of hydrogen-bond acceptors (Lipinski definition) is 4. The number of nitrogens with two attached hydrogens (primary N) is 1. The molecule has 0 spiro atoms. The Balaban J connectivity index is 2.15. The van der Waals surface area contributed by atoms with Gasteiger partial charge in [0, 0.05) is 19.0 Å². The van der Waals surface area contributed by atoms with Gasteiger partial charge in [0.2, 0.25) is 0 Å². The molecule has 19 heavy (non-hydrogen) atoms. The minimum absolute atomic E-state index is 0.0149. The quantitative estimate of drug-likeness (QED) is 0.853. The van der Waals surface area contributed by atoms with Gasteiger partial charge in [-0.3, -0.25) is 4.79 Å². The summed E-state index contributed by atoms with van der Waals surface area (Å²) in [5.74, 6) is 0.182. The summed E-state index contributed by atoms with van der Waals surface area (Å²) >= 11 is 1.57. The first-order chi connectivity index (χ1) is 9.09. The Hall–Kier alpha value is -1.03. The summed E-state index contributed by atoms with van der Waals surface area (Å²) in [4.78, 5) is 15.2. The van der Waals surface area contributed by atoms with Crippen molar-refractivity contribution in [2.45, 2.75) is 46.0 Å². The molecule has 2 heterocycles. The first kappa shape index (κ1) is 14.4. The smallest absolute Gasteiger partial charge is 0.177 e. The second-order valence-corrected chi connectivity index (χ2v) is 6.67. The summed E-state index contributed by atoms with van der Waals surface area (Å²) in [5.41, 5.74) is 6.67. The zero-order chi connectivity index (χ0) is 13.8. The van der Waals surface area contributed by atoms with Crippen molar-refractivity contribution in [1.29, 1.82) is 0 Å². The molecule has 0 aliphatic carbocycles. The van der Waals surface area contributed by atoms with Crippen molar-refractivity contribution in [2.75, 3.05) is 23.7 Å². The normalized spacial score (nSPS) is 17.3. The molecular formula is C15H24N2OS. The van der Waals surface area contributed by atoms with E-state index in [2.05, 4.69) is 4.90 Å². The summed E-state index contributed by atoms with van der Waals surface area (Å²) in [5, 5.41) is 1.17. The fourth-order valence-corrected chi connectivity index (χ4v) is 3.69. The highest BCUT2D eigenvalue weighted by Crippen LogP contribution is 2.34. The van der Waals surface area contributed by atoms with E-state index in [0.29, 0.717) is 5.69 Å². The van der Waals surface area contributed by atoms with Gasteiger partial charge in [-0.25, -0.2) is 0 Å². The average molecular weight is 280 g/mol. The molecule has 0 saturated carbocycles. The molecule has 2 N–H and O–H groups in total. The standard InChI is InChI=1S/C15H24N2OS/c1-11(2)14(18)15-12(16)10-13(19-15)17-8-6-4-3-5-7-9-17/h10-11H,3-9,16H2,1-2H3. The number of rotatable bonds is 3. The lowest BCUT2D eigenvalue weighted by molar-refractivity contribution is 0.0944. The second-order valence-electron chi connectivity index (χ2n) is 5.64. The third-order valence-corrected chi connectivity index (χ3v) is 4.89. The monoisotopic (exact) mass is 280 g/mol. The van der Waals surface area contributed by atoms with Gasteiger partial charge in [-0.2, -0.15) is 0 Å². The molecule has 2 rings (SSSR count). The van der Waals surface area contributed by atoms with Crippen molar-refractivity contribution >= 4 is 27.8 Å². The number of ketones is 1. The summed E-state index contributed by atoms with van der Waals surface area (Å²) in [6, 6.07) is 1.99. The van der Waals surface area contributed by atoms with E-state index in [1.54, 1.807) is 11.3 Å². The van der Waals surface area contributed by atoms with E-state index in [9.17, 15) is 4.79 Å². The maximum atomic E-state index is 12.1. The topological polar surface area (TPSA) is 46.3 Å². The fraction of sp³-hybridized carbons (Fsp3) is 0.667. The number of carbonyl (C=O) groups excluding carboxylic acids is 1. The summed E-state index contributed by atoms with van der Waals surface area (Å²) in [7, 11) is 0. The van der Waals surface area contributed by atoms with Gasteiger partial charge in [0.05, 0.1) is 15.6 Å². The molecule has 0 atom stereocenters. The minimum Gasteiger partial charge on any atom is -0.397 e. The van der Waals surface area contributed by atoms with Gasteiger partial charge in [-0.05, 0) is 18.9 Å². The van der Waals surface area contributed by atoms with Crippen LogP contribution in [0.1, 0.15) is 55.6 Å². The Morgan fingerprint density at radius 1 is 1.21 bits per heavy atom. The van der Waals surface area contributed by atoms with Gasteiger partial charge in [0.15, 0.2) is 5.78 Å². The highest BCUT2D eigenvalue weighted by Gasteiger charge is 2.20. The van der Waals surface area contributed by atoms with E-state index in [4.69, 9.17) is 5.73 Å². The molecule has 1 aromatic rings. The third-order valence-electron chi connectivity index (χ3n) is 3.66. The van der Waals surface area contributed by atoms with Crippen LogP contribution in [0.2, 0.25) is 0 Å². The SMILES string of the molecule is CC(C)C(=O)c1sc(N2CCCCCCC2)cc1N. The molecule has 0 aromatic carbocycles. The zero-order valence-electron chi connectivity index (χ0n) is 11.9. The Morgan fingerprint density at radius 2 is 1.79 bits per heavy atom. The number of nitrogen functional groups attached to an aromatic ring is 1. The molecular weight excluding hydrogens is 256 g/mol. The Labute approximate surface area is 119 Å². The van der Waals surface area contributed by atoms with E-state index < -0.39 is 0 Å². The average Bonchev–Trinajstić information content (AvgIpc) is 2.69. The second kappa shape index (κ2) is 6.42. The van der Waals surface area contributed by atoms with Crippen LogP contribution >= 0.6 is 11.3 Å². The number of nitrogens with zero attached hydrogens (tertiary/aromatic N) is 1. The Morgan fingerprint density at radius 3 is 2.37 bits per heavy atom. The lowest BCUT2D eigenvalue weighted by Gasteiger charge is -2.25. The highest BCUT2D eigenvalue weighted by atomic mass is 32.1. The molecule has 106 valence electrons. The van der Waals surface area contributed by atoms with Crippen LogP contribution in [0.3, 0.4) is 0 Å². The van der Waals surface area contributed by atoms with Gasteiger partial charge >= 0.3 is 0 Å². The molecule has 0 bridgehead atoms. The highest BCUT2D eigenvalue weighted by molar-refractivity contribution is 7.18.